The Kier molecular flexibility index (Phi) is 2.62. The van der Waals surface area contributed by atoms with Crippen molar-refractivity contribution in [3.63, 3.8) is 0 Å². The van der Waals surface area contributed by atoms with Crippen LogP contribution < -0.4 is 10.6 Å². The Bertz CT molecular complexity index is 427. The summed E-state index contributed by atoms with van der Waals surface area (Å²) in [6.07, 6.45) is 5.31. The van der Waals surface area contributed by atoms with Gasteiger partial charge >= 0.3 is 0 Å². The summed E-state index contributed by atoms with van der Waals surface area (Å²) in [5.74, 6) is 0.656. The molecular weight excluding hydrogens is 208 g/mol. The summed E-state index contributed by atoms with van der Waals surface area (Å²) in [7, 11) is 2.25. The van der Waals surface area contributed by atoms with Crippen molar-refractivity contribution < 1.29 is 0 Å². The number of benzene rings is 1. The molecule has 1 aliphatic heterocycles. The van der Waals surface area contributed by atoms with Crippen LogP contribution in [0.5, 0.6) is 0 Å². The van der Waals surface area contributed by atoms with E-state index in [0.29, 0.717) is 12.0 Å². The summed E-state index contributed by atoms with van der Waals surface area (Å²) in [4.78, 5) is 2.50. The van der Waals surface area contributed by atoms with E-state index in [9.17, 15) is 0 Å². The van der Waals surface area contributed by atoms with Crippen molar-refractivity contribution in [3.05, 3.63) is 29.3 Å². The third-order valence-corrected chi connectivity index (χ3v) is 4.72. The van der Waals surface area contributed by atoms with Gasteiger partial charge in [0.25, 0.3) is 0 Å². The molecule has 0 bridgehead atoms. The Balaban J connectivity index is 2.10. The Labute approximate surface area is 104 Å². The van der Waals surface area contributed by atoms with E-state index in [1.165, 1.54) is 42.5 Å². The zero-order valence-corrected chi connectivity index (χ0v) is 10.8. The first-order valence-electron chi connectivity index (χ1n) is 6.78. The molecule has 3 unspecified atom stereocenters. The van der Waals surface area contributed by atoms with Crippen molar-refractivity contribution in [1.82, 2.24) is 0 Å². The molecule has 17 heavy (non-hydrogen) atoms. The van der Waals surface area contributed by atoms with Crippen LogP contribution in [-0.2, 0) is 0 Å². The van der Waals surface area contributed by atoms with Crippen molar-refractivity contribution in [1.29, 1.82) is 0 Å². The summed E-state index contributed by atoms with van der Waals surface area (Å²) in [5.41, 5.74) is 10.6. The van der Waals surface area contributed by atoms with Crippen molar-refractivity contribution in [2.45, 2.75) is 44.7 Å². The van der Waals surface area contributed by atoms with Crippen LogP contribution in [0.4, 0.5) is 5.69 Å². The predicted octanol–water partition coefficient (Wildman–Crippen LogP) is 3.00. The third-order valence-electron chi connectivity index (χ3n) is 4.72. The molecule has 0 spiro atoms. The van der Waals surface area contributed by atoms with E-state index in [-0.39, 0.29) is 6.04 Å². The topological polar surface area (TPSA) is 29.3 Å². The zero-order valence-electron chi connectivity index (χ0n) is 10.8. The lowest BCUT2D eigenvalue weighted by atomic mass is 9.73. The van der Waals surface area contributed by atoms with Gasteiger partial charge in [0.05, 0.1) is 0 Å². The first-order valence-corrected chi connectivity index (χ1v) is 6.78. The van der Waals surface area contributed by atoms with Gasteiger partial charge in [0, 0.05) is 24.8 Å². The molecule has 1 aliphatic carbocycles. The van der Waals surface area contributed by atoms with Gasteiger partial charge in [-0.3, -0.25) is 0 Å². The van der Waals surface area contributed by atoms with Gasteiger partial charge in [-0.15, -0.1) is 0 Å². The van der Waals surface area contributed by atoms with Crippen LogP contribution in [0.25, 0.3) is 0 Å². The van der Waals surface area contributed by atoms with E-state index in [1.54, 1.807) is 0 Å². The second kappa shape index (κ2) is 4.02. The Morgan fingerprint density at radius 2 is 2.00 bits per heavy atom. The van der Waals surface area contributed by atoms with E-state index < -0.39 is 0 Å². The molecule has 2 heteroatoms. The van der Waals surface area contributed by atoms with Gasteiger partial charge in [-0.2, -0.15) is 0 Å². The van der Waals surface area contributed by atoms with Crippen molar-refractivity contribution >= 4 is 5.69 Å². The van der Waals surface area contributed by atoms with E-state index in [4.69, 9.17) is 5.73 Å². The summed E-state index contributed by atoms with van der Waals surface area (Å²) >= 11 is 0. The highest BCUT2D eigenvalue weighted by Gasteiger charge is 2.39. The Morgan fingerprint density at radius 1 is 1.24 bits per heavy atom. The molecule has 3 atom stereocenters. The van der Waals surface area contributed by atoms with Crippen molar-refractivity contribution in [2.24, 2.45) is 11.7 Å². The van der Waals surface area contributed by atoms with E-state index in [2.05, 4.69) is 37.1 Å². The molecular formula is C15H22N2. The first-order chi connectivity index (χ1) is 8.20. The second-order valence-corrected chi connectivity index (χ2v) is 5.67. The fourth-order valence-electron chi connectivity index (χ4n) is 3.87. The molecule has 1 saturated carbocycles. The molecule has 2 aliphatic rings. The molecule has 92 valence electrons. The molecule has 1 aromatic carbocycles. The minimum Gasteiger partial charge on any atom is -0.371 e. The van der Waals surface area contributed by atoms with Gasteiger partial charge in [-0.25, -0.2) is 0 Å². The minimum absolute atomic E-state index is 0.242. The maximum absolute atomic E-state index is 6.51. The second-order valence-electron chi connectivity index (χ2n) is 5.67. The molecule has 2 nitrogen and oxygen atoms in total. The normalized spacial score (nSPS) is 31.9. The number of nitrogens with two attached hydrogens (primary N) is 1. The maximum atomic E-state index is 6.51. The van der Waals surface area contributed by atoms with Gasteiger partial charge in [0.1, 0.15) is 0 Å². The number of hydrogen-bond acceptors (Lipinski definition) is 2. The van der Waals surface area contributed by atoms with Crippen LogP contribution in [0.2, 0.25) is 0 Å². The molecule has 0 saturated heterocycles. The molecule has 0 amide bonds. The van der Waals surface area contributed by atoms with Gasteiger partial charge in [0.2, 0.25) is 0 Å². The molecule has 3 rings (SSSR count). The number of fused-ring (bicyclic) bond motifs is 2. The standard InChI is InChI=1S/C15H22N2/c1-10-6-5-8-12-14(16)11-7-3-4-9-13(11)17(2)15(10)12/h5-6,8,11,13-14H,3-4,7,9,16H2,1-2H3. The Hall–Kier alpha value is -1.02. The van der Waals surface area contributed by atoms with Gasteiger partial charge in [-0.1, -0.05) is 31.0 Å². The van der Waals surface area contributed by atoms with Gasteiger partial charge < -0.3 is 10.6 Å². The van der Waals surface area contributed by atoms with Crippen molar-refractivity contribution in [3.8, 4) is 0 Å². The monoisotopic (exact) mass is 230 g/mol. The van der Waals surface area contributed by atoms with Crippen LogP contribution in [0.15, 0.2) is 18.2 Å². The smallest absolute Gasteiger partial charge is 0.0444 e. The highest BCUT2D eigenvalue weighted by atomic mass is 15.2. The number of rotatable bonds is 0. The molecule has 0 radical (unpaired) electrons. The fraction of sp³-hybridized carbons (Fsp3) is 0.600. The molecule has 2 N–H and O–H groups in total. The number of anilines is 1. The lowest BCUT2D eigenvalue weighted by Crippen LogP contribution is -2.49. The quantitative estimate of drug-likeness (QED) is 0.742. The number of nitrogens with zero attached hydrogens (tertiary/aromatic N) is 1. The number of aryl methyl sites for hydroxylation is 1. The summed E-state index contributed by atoms with van der Waals surface area (Å²) < 4.78 is 0. The minimum atomic E-state index is 0.242. The van der Waals surface area contributed by atoms with Crippen LogP contribution in [0.3, 0.4) is 0 Å². The van der Waals surface area contributed by atoms with Crippen LogP contribution in [0.1, 0.15) is 42.9 Å². The first kappa shape index (κ1) is 11.1. The Morgan fingerprint density at radius 3 is 2.82 bits per heavy atom. The fourth-order valence-corrected chi connectivity index (χ4v) is 3.87. The maximum Gasteiger partial charge on any atom is 0.0444 e. The summed E-state index contributed by atoms with van der Waals surface area (Å²) in [5, 5.41) is 0. The lowest BCUT2D eigenvalue weighted by Gasteiger charge is -2.48. The molecule has 1 aromatic rings. The zero-order chi connectivity index (χ0) is 12.0. The van der Waals surface area contributed by atoms with Crippen LogP contribution in [-0.4, -0.2) is 13.1 Å². The van der Waals surface area contributed by atoms with E-state index >= 15 is 0 Å². The summed E-state index contributed by atoms with van der Waals surface area (Å²) in [6.45, 7) is 2.20. The van der Waals surface area contributed by atoms with Crippen LogP contribution >= 0.6 is 0 Å². The van der Waals surface area contributed by atoms with E-state index in [0.717, 1.165) is 0 Å². The van der Waals surface area contributed by atoms with Crippen LogP contribution in [0, 0.1) is 12.8 Å². The SMILES string of the molecule is Cc1cccc2c1N(C)C1CCCCC1C2N. The molecule has 1 heterocycles. The predicted molar refractivity (Wildman–Crippen MR) is 72.3 cm³/mol. The van der Waals surface area contributed by atoms with E-state index in [1.807, 2.05) is 0 Å². The average Bonchev–Trinajstić information content (AvgIpc) is 2.36. The average molecular weight is 230 g/mol. The largest absolute Gasteiger partial charge is 0.371 e. The summed E-state index contributed by atoms with van der Waals surface area (Å²) in [6, 6.07) is 7.46. The highest BCUT2D eigenvalue weighted by molar-refractivity contribution is 5.63. The van der Waals surface area contributed by atoms with Gasteiger partial charge in [0.15, 0.2) is 0 Å². The molecule has 0 aromatic heterocycles. The molecule has 1 fully saturated rings. The highest BCUT2D eigenvalue weighted by Crippen LogP contribution is 2.45. The lowest BCUT2D eigenvalue weighted by molar-refractivity contribution is 0.246. The number of hydrogen-bond donors (Lipinski definition) is 1. The third kappa shape index (κ3) is 1.58. The van der Waals surface area contributed by atoms with Crippen molar-refractivity contribution in [2.75, 3.05) is 11.9 Å². The van der Waals surface area contributed by atoms with Gasteiger partial charge in [-0.05, 0) is 36.8 Å². The number of para-hydroxylation sites is 1.